The second kappa shape index (κ2) is 11.1. The lowest BCUT2D eigenvalue weighted by Crippen LogP contribution is -2.26. The molecule has 2 unspecified atom stereocenters. The number of amides is 1. The topological polar surface area (TPSA) is 87.8 Å². The molecule has 2 aromatic heterocycles. The average molecular weight is 563 g/mol. The number of nitriles is 1. The SMILES string of the molecule is CC(Sc1nc2ccccc2c(=O)n1-c1ccccc1)C(=O)Nc1sc2c(c1C#N)CCC(c1ccccc1)C2. The highest BCUT2D eigenvalue weighted by atomic mass is 32.2. The summed E-state index contributed by atoms with van der Waals surface area (Å²) in [6, 6.07) is 29.4. The van der Waals surface area contributed by atoms with Gasteiger partial charge in [0.1, 0.15) is 11.1 Å². The number of benzene rings is 3. The van der Waals surface area contributed by atoms with Gasteiger partial charge in [0.15, 0.2) is 5.16 Å². The van der Waals surface area contributed by atoms with Crippen LogP contribution in [0.3, 0.4) is 0 Å². The van der Waals surface area contributed by atoms with E-state index < -0.39 is 5.25 Å². The van der Waals surface area contributed by atoms with Crippen molar-refractivity contribution in [3.8, 4) is 11.8 Å². The molecule has 5 aromatic rings. The molecular weight excluding hydrogens is 537 g/mol. The number of carbonyl (C=O) groups is 1. The monoisotopic (exact) mass is 562 g/mol. The number of nitrogens with zero attached hydrogens (tertiary/aromatic N) is 3. The zero-order valence-corrected chi connectivity index (χ0v) is 23.5. The maximum absolute atomic E-state index is 13.5. The van der Waals surface area contributed by atoms with E-state index in [1.54, 1.807) is 23.6 Å². The molecule has 1 amide bonds. The number of thioether (sulfide) groups is 1. The van der Waals surface area contributed by atoms with Gasteiger partial charge in [-0.3, -0.25) is 14.2 Å². The summed E-state index contributed by atoms with van der Waals surface area (Å²) in [5, 5.41) is 14.0. The molecule has 0 fully saturated rings. The van der Waals surface area contributed by atoms with Crippen LogP contribution in [0.1, 0.15) is 40.8 Å². The number of aromatic nitrogens is 2. The van der Waals surface area contributed by atoms with E-state index in [1.807, 2.05) is 48.5 Å². The Bertz CT molecular complexity index is 1810. The molecule has 1 aliphatic rings. The fourth-order valence-electron chi connectivity index (χ4n) is 5.22. The lowest BCUT2D eigenvalue weighted by atomic mass is 9.83. The third-order valence-corrected chi connectivity index (χ3v) is 9.52. The van der Waals surface area contributed by atoms with Gasteiger partial charge in [0.05, 0.1) is 27.4 Å². The maximum Gasteiger partial charge on any atom is 0.266 e. The summed E-state index contributed by atoms with van der Waals surface area (Å²) in [6.45, 7) is 1.79. The fraction of sp³-hybridized carbons (Fsp3) is 0.188. The van der Waals surface area contributed by atoms with E-state index in [0.717, 1.165) is 24.8 Å². The highest BCUT2D eigenvalue weighted by Gasteiger charge is 2.28. The summed E-state index contributed by atoms with van der Waals surface area (Å²) in [5.74, 6) is 0.173. The van der Waals surface area contributed by atoms with Gasteiger partial charge in [0.25, 0.3) is 5.56 Å². The molecule has 8 heteroatoms. The van der Waals surface area contributed by atoms with Crippen molar-refractivity contribution in [1.29, 1.82) is 5.26 Å². The second-order valence-electron chi connectivity index (χ2n) is 9.81. The number of nitrogens with one attached hydrogen (secondary N) is 1. The Balaban J connectivity index is 1.27. The molecule has 198 valence electrons. The summed E-state index contributed by atoms with van der Waals surface area (Å²) >= 11 is 2.74. The fourth-order valence-corrected chi connectivity index (χ4v) is 7.43. The molecule has 3 aromatic carbocycles. The minimum atomic E-state index is -0.564. The quantitative estimate of drug-likeness (QED) is 0.184. The van der Waals surface area contributed by atoms with Gasteiger partial charge in [-0.2, -0.15) is 5.26 Å². The van der Waals surface area contributed by atoms with Crippen LogP contribution >= 0.6 is 23.1 Å². The first kappa shape index (κ1) is 26.1. The van der Waals surface area contributed by atoms with Crippen LogP contribution in [-0.2, 0) is 17.6 Å². The maximum atomic E-state index is 13.5. The molecule has 1 N–H and O–H groups in total. The van der Waals surface area contributed by atoms with Crippen molar-refractivity contribution in [2.75, 3.05) is 5.32 Å². The Morgan fingerprint density at radius 2 is 1.77 bits per heavy atom. The first-order valence-electron chi connectivity index (χ1n) is 13.2. The first-order chi connectivity index (χ1) is 19.5. The molecule has 0 spiro atoms. The van der Waals surface area contributed by atoms with Gasteiger partial charge in [-0.05, 0) is 67.5 Å². The zero-order chi connectivity index (χ0) is 27.6. The van der Waals surface area contributed by atoms with Crippen molar-refractivity contribution in [1.82, 2.24) is 9.55 Å². The van der Waals surface area contributed by atoms with Crippen LogP contribution in [0.15, 0.2) is 94.9 Å². The molecule has 0 radical (unpaired) electrons. The van der Waals surface area contributed by atoms with Gasteiger partial charge < -0.3 is 5.32 Å². The van der Waals surface area contributed by atoms with Crippen molar-refractivity contribution < 1.29 is 4.79 Å². The van der Waals surface area contributed by atoms with E-state index >= 15 is 0 Å². The number of thiophene rings is 1. The van der Waals surface area contributed by atoms with E-state index in [9.17, 15) is 14.9 Å². The molecule has 0 aliphatic heterocycles. The summed E-state index contributed by atoms with van der Waals surface area (Å²) < 4.78 is 1.56. The number of fused-ring (bicyclic) bond motifs is 2. The third kappa shape index (κ3) is 4.94. The molecule has 0 bridgehead atoms. The summed E-state index contributed by atoms with van der Waals surface area (Å²) in [5.41, 5.74) is 4.03. The summed E-state index contributed by atoms with van der Waals surface area (Å²) in [4.78, 5) is 32.9. The molecule has 2 atom stereocenters. The van der Waals surface area contributed by atoms with Crippen LogP contribution in [-0.4, -0.2) is 20.7 Å². The number of anilines is 1. The molecule has 6 rings (SSSR count). The van der Waals surface area contributed by atoms with Crippen LogP contribution in [0.4, 0.5) is 5.00 Å². The van der Waals surface area contributed by atoms with E-state index in [0.29, 0.717) is 38.2 Å². The molecule has 6 nitrogen and oxygen atoms in total. The van der Waals surface area contributed by atoms with Gasteiger partial charge in [0, 0.05) is 4.88 Å². The van der Waals surface area contributed by atoms with Crippen molar-refractivity contribution in [3.63, 3.8) is 0 Å². The molecule has 0 saturated carbocycles. The molecule has 1 aliphatic carbocycles. The van der Waals surface area contributed by atoms with Crippen LogP contribution in [0.2, 0.25) is 0 Å². The van der Waals surface area contributed by atoms with Crippen molar-refractivity contribution in [2.24, 2.45) is 0 Å². The Hall–Kier alpha value is -4.19. The van der Waals surface area contributed by atoms with Gasteiger partial charge in [0.2, 0.25) is 5.91 Å². The number of carbonyl (C=O) groups excluding carboxylic acids is 1. The molecule has 2 heterocycles. The van der Waals surface area contributed by atoms with Gasteiger partial charge >= 0.3 is 0 Å². The number of para-hydroxylation sites is 2. The van der Waals surface area contributed by atoms with Crippen molar-refractivity contribution >= 4 is 44.9 Å². The largest absolute Gasteiger partial charge is 0.316 e. The number of rotatable bonds is 6. The zero-order valence-electron chi connectivity index (χ0n) is 21.8. The van der Waals surface area contributed by atoms with Crippen LogP contribution in [0.5, 0.6) is 0 Å². The average Bonchev–Trinajstić information content (AvgIpc) is 3.34. The third-order valence-electron chi connectivity index (χ3n) is 7.30. The Kier molecular flexibility index (Phi) is 7.25. The summed E-state index contributed by atoms with van der Waals surface area (Å²) in [7, 11) is 0. The van der Waals surface area contributed by atoms with E-state index in [-0.39, 0.29) is 11.5 Å². The lowest BCUT2D eigenvalue weighted by Gasteiger charge is -2.22. The normalized spacial score (nSPS) is 15.2. The minimum absolute atomic E-state index is 0.183. The van der Waals surface area contributed by atoms with Gasteiger partial charge in [-0.1, -0.05) is 72.4 Å². The van der Waals surface area contributed by atoms with Gasteiger partial charge in [-0.25, -0.2) is 4.98 Å². The van der Waals surface area contributed by atoms with Crippen LogP contribution < -0.4 is 10.9 Å². The molecule has 40 heavy (non-hydrogen) atoms. The smallest absolute Gasteiger partial charge is 0.266 e. The second-order valence-corrected chi connectivity index (χ2v) is 12.2. The number of hydrogen-bond acceptors (Lipinski definition) is 6. The highest BCUT2D eigenvalue weighted by molar-refractivity contribution is 8.00. The van der Waals surface area contributed by atoms with Crippen LogP contribution in [0, 0.1) is 11.3 Å². The Morgan fingerprint density at radius 1 is 1.07 bits per heavy atom. The summed E-state index contributed by atoms with van der Waals surface area (Å²) in [6.07, 6.45) is 2.66. The van der Waals surface area contributed by atoms with Crippen molar-refractivity contribution in [3.05, 3.63) is 117 Å². The predicted octanol–water partition coefficient (Wildman–Crippen LogP) is 6.71. The Labute approximate surface area is 240 Å². The lowest BCUT2D eigenvalue weighted by molar-refractivity contribution is -0.115. The van der Waals surface area contributed by atoms with Crippen LogP contribution in [0.25, 0.3) is 16.6 Å². The highest BCUT2D eigenvalue weighted by Crippen LogP contribution is 2.42. The van der Waals surface area contributed by atoms with E-state index in [4.69, 9.17) is 4.98 Å². The first-order valence-corrected chi connectivity index (χ1v) is 14.9. The standard InChI is InChI=1S/C32H26N4O2S2/c1-20(39-32-34-27-15-9-8-14-25(27)31(38)36(32)23-12-6-3-7-13-23)29(37)35-30-26(19-33)24-17-16-22(18-28(24)40-30)21-10-4-2-5-11-21/h2-15,20,22H,16-18H2,1H3,(H,35,37). The molecule has 0 saturated heterocycles. The number of hydrogen-bond donors (Lipinski definition) is 1. The van der Waals surface area contributed by atoms with E-state index in [2.05, 4.69) is 35.7 Å². The van der Waals surface area contributed by atoms with E-state index in [1.165, 1.54) is 33.5 Å². The predicted molar refractivity (Wildman–Crippen MR) is 162 cm³/mol. The minimum Gasteiger partial charge on any atom is -0.316 e. The molecular formula is C32H26N4O2S2. The van der Waals surface area contributed by atoms with Gasteiger partial charge in [-0.15, -0.1) is 11.3 Å². The Morgan fingerprint density at radius 3 is 2.52 bits per heavy atom. The van der Waals surface area contributed by atoms with Crippen molar-refractivity contribution in [2.45, 2.75) is 42.5 Å².